The summed E-state index contributed by atoms with van der Waals surface area (Å²) in [5.74, 6) is 0.717. The van der Waals surface area contributed by atoms with E-state index in [2.05, 4.69) is 4.98 Å². The summed E-state index contributed by atoms with van der Waals surface area (Å²) in [6.45, 7) is 0.392. The van der Waals surface area contributed by atoms with Gasteiger partial charge in [0.05, 0.1) is 17.2 Å². The van der Waals surface area contributed by atoms with Crippen molar-refractivity contribution < 1.29 is 17.9 Å². The summed E-state index contributed by atoms with van der Waals surface area (Å²) in [7, 11) is -1.36. The maximum Gasteiger partial charge on any atom is 0.246 e. The molecular formula is C20H22N2O4S. The molecule has 0 aliphatic carbocycles. The molecule has 2 aromatic rings. The quantitative estimate of drug-likeness (QED) is 0.712. The van der Waals surface area contributed by atoms with Gasteiger partial charge in [0.25, 0.3) is 0 Å². The number of sulfone groups is 1. The summed E-state index contributed by atoms with van der Waals surface area (Å²) >= 11 is 0. The second-order valence-electron chi connectivity index (χ2n) is 6.52. The van der Waals surface area contributed by atoms with E-state index in [-0.39, 0.29) is 23.5 Å². The number of carbonyl (C=O) groups is 1. The van der Waals surface area contributed by atoms with Crippen molar-refractivity contribution in [2.45, 2.75) is 19.1 Å². The van der Waals surface area contributed by atoms with E-state index in [1.54, 1.807) is 19.3 Å². The zero-order valence-electron chi connectivity index (χ0n) is 15.1. The van der Waals surface area contributed by atoms with Crippen LogP contribution in [0.5, 0.6) is 5.75 Å². The number of amides is 1. The van der Waals surface area contributed by atoms with Crippen molar-refractivity contribution in [3.8, 4) is 5.75 Å². The van der Waals surface area contributed by atoms with Gasteiger partial charge in [-0.05, 0) is 42.3 Å². The lowest BCUT2D eigenvalue weighted by Gasteiger charge is -2.21. The molecule has 7 heteroatoms. The van der Waals surface area contributed by atoms with Gasteiger partial charge in [0.1, 0.15) is 12.4 Å². The fourth-order valence-corrected chi connectivity index (χ4v) is 4.64. The van der Waals surface area contributed by atoms with E-state index in [0.29, 0.717) is 13.0 Å². The molecule has 27 heavy (non-hydrogen) atoms. The molecule has 1 aromatic carbocycles. The number of ether oxygens (including phenoxy) is 1. The first-order valence-corrected chi connectivity index (χ1v) is 10.5. The van der Waals surface area contributed by atoms with Crippen LogP contribution < -0.4 is 4.74 Å². The smallest absolute Gasteiger partial charge is 0.246 e. The average Bonchev–Trinajstić information content (AvgIpc) is 3.05. The van der Waals surface area contributed by atoms with E-state index in [9.17, 15) is 13.2 Å². The molecule has 2 heterocycles. The number of likely N-dealkylation sites (N-methyl/N-ethyl adjacent to an activating group) is 1. The van der Waals surface area contributed by atoms with E-state index in [1.807, 2.05) is 42.5 Å². The monoisotopic (exact) mass is 386 g/mol. The van der Waals surface area contributed by atoms with Crippen LogP contribution in [0.4, 0.5) is 0 Å². The van der Waals surface area contributed by atoms with Gasteiger partial charge in [-0.15, -0.1) is 0 Å². The van der Waals surface area contributed by atoms with Crippen molar-refractivity contribution >= 4 is 21.8 Å². The molecule has 1 atom stereocenters. The molecule has 0 saturated carbocycles. The van der Waals surface area contributed by atoms with Gasteiger partial charge in [-0.1, -0.05) is 18.2 Å². The van der Waals surface area contributed by atoms with Crippen LogP contribution in [0.15, 0.2) is 54.7 Å². The molecule has 6 nitrogen and oxygen atoms in total. The van der Waals surface area contributed by atoms with E-state index in [1.165, 1.54) is 11.0 Å². The van der Waals surface area contributed by atoms with E-state index < -0.39 is 9.84 Å². The molecule has 0 spiro atoms. The molecule has 1 amide bonds. The van der Waals surface area contributed by atoms with E-state index in [4.69, 9.17) is 4.74 Å². The predicted molar refractivity (Wildman–Crippen MR) is 104 cm³/mol. The van der Waals surface area contributed by atoms with Gasteiger partial charge in [-0.3, -0.25) is 9.78 Å². The van der Waals surface area contributed by atoms with Crippen LogP contribution in [0.1, 0.15) is 17.7 Å². The molecule has 1 aliphatic heterocycles. The maximum atomic E-state index is 12.3. The Labute approximate surface area is 159 Å². The number of rotatable bonds is 6. The molecule has 3 rings (SSSR count). The first-order valence-electron chi connectivity index (χ1n) is 8.71. The fourth-order valence-electron chi connectivity index (χ4n) is 2.86. The summed E-state index contributed by atoms with van der Waals surface area (Å²) in [6, 6.07) is 12.8. The van der Waals surface area contributed by atoms with Crippen molar-refractivity contribution in [1.29, 1.82) is 0 Å². The highest BCUT2D eigenvalue weighted by atomic mass is 32.2. The average molecular weight is 386 g/mol. The Morgan fingerprint density at radius 3 is 2.67 bits per heavy atom. The Morgan fingerprint density at radius 2 is 2.04 bits per heavy atom. The summed E-state index contributed by atoms with van der Waals surface area (Å²) in [4.78, 5) is 18.0. The van der Waals surface area contributed by atoms with Gasteiger partial charge in [0, 0.05) is 25.4 Å². The first-order chi connectivity index (χ1) is 12.9. The van der Waals surface area contributed by atoms with E-state index in [0.717, 1.165) is 17.0 Å². The maximum absolute atomic E-state index is 12.3. The third-order valence-corrected chi connectivity index (χ3v) is 6.27. The molecule has 1 saturated heterocycles. The van der Waals surface area contributed by atoms with Gasteiger partial charge in [0.15, 0.2) is 9.84 Å². The number of aromatic nitrogens is 1. The van der Waals surface area contributed by atoms with Gasteiger partial charge in [-0.2, -0.15) is 0 Å². The third kappa shape index (κ3) is 5.40. The first kappa shape index (κ1) is 19.1. The van der Waals surface area contributed by atoms with Crippen molar-refractivity contribution in [2.75, 3.05) is 18.6 Å². The molecular weight excluding hydrogens is 364 g/mol. The Balaban J connectivity index is 1.53. The zero-order valence-corrected chi connectivity index (χ0v) is 15.9. The van der Waals surface area contributed by atoms with Crippen LogP contribution >= 0.6 is 0 Å². The Bertz CT molecular complexity index is 909. The molecule has 1 fully saturated rings. The molecule has 142 valence electrons. The minimum absolute atomic E-state index is 0.0470. The number of hydrogen-bond acceptors (Lipinski definition) is 5. The van der Waals surface area contributed by atoms with Crippen molar-refractivity contribution in [2.24, 2.45) is 0 Å². The fraction of sp³-hybridized carbons (Fsp3) is 0.300. The third-order valence-electron chi connectivity index (χ3n) is 4.52. The van der Waals surface area contributed by atoms with Crippen LogP contribution in [0, 0.1) is 0 Å². The minimum Gasteiger partial charge on any atom is -0.487 e. The SMILES string of the molecule is CN(C(=O)/C=C/c1ccc(OCc2ccccn2)cc1)C1CCS(=O)(=O)C1. The Kier molecular flexibility index (Phi) is 5.91. The Morgan fingerprint density at radius 1 is 1.26 bits per heavy atom. The number of pyridine rings is 1. The van der Waals surface area contributed by atoms with Gasteiger partial charge < -0.3 is 9.64 Å². The summed E-state index contributed by atoms with van der Waals surface area (Å²) in [5, 5.41) is 0. The lowest BCUT2D eigenvalue weighted by atomic mass is 10.2. The van der Waals surface area contributed by atoms with E-state index >= 15 is 0 Å². The molecule has 0 radical (unpaired) electrons. The lowest BCUT2D eigenvalue weighted by Crippen LogP contribution is -2.36. The highest BCUT2D eigenvalue weighted by molar-refractivity contribution is 7.91. The van der Waals surface area contributed by atoms with Crippen LogP contribution in [0.2, 0.25) is 0 Å². The van der Waals surface area contributed by atoms with Crippen molar-refractivity contribution in [3.63, 3.8) is 0 Å². The number of nitrogens with zero attached hydrogens (tertiary/aromatic N) is 2. The second kappa shape index (κ2) is 8.35. The van der Waals surface area contributed by atoms with Crippen LogP contribution in [0.3, 0.4) is 0 Å². The number of carbonyl (C=O) groups excluding carboxylic acids is 1. The largest absolute Gasteiger partial charge is 0.487 e. The topological polar surface area (TPSA) is 76.6 Å². The van der Waals surface area contributed by atoms with Crippen LogP contribution in [-0.4, -0.2) is 48.8 Å². The number of hydrogen-bond donors (Lipinski definition) is 0. The Hall–Kier alpha value is -2.67. The second-order valence-corrected chi connectivity index (χ2v) is 8.75. The highest BCUT2D eigenvalue weighted by Crippen LogP contribution is 2.18. The van der Waals surface area contributed by atoms with Crippen molar-refractivity contribution in [1.82, 2.24) is 9.88 Å². The molecule has 0 bridgehead atoms. The lowest BCUT2D eigenvalue weighted by molar-refractivity contribution is -0.126. The molecule has 1 aliphatic rings. The van der Waals surface area contributed by atoms with Gasteiger partial charge >= 0.3 is 0 Å². The standard InChI is InChI=1S/C20H22N2O4S/c1-22(18-11-13-27(24,25)15-18)20(23)10-7-16-5-8-19(9-6-16)26-14-17-4-2-3-12-21-17/h2-10,12,18H,11,13-15H2,1H3/b10-7+. The van der Waals surface area contributed by atoms with Crippen molar-refractivity contribution in [3.05, 3.63) is 66.0 Å². The van der Waals surface area contributed by atoms with Gasteiger partial charge in [0.2, 0.25) is 5.91 Å². The molecule has 1 unspecified atom stereocenters. The van der Waals surface area contributed by atoms with Crippen LogP contribution in [0.25, 0.3) is 6.08 Å². The van der Waals surface area contributed by atoms with Crippen LogP contribution in [-0.2, 0) is 21.2 Å². The summed E-state index contributed by atoms with van der Waals surface area (Å²) < 4.78 is 28.8. The number of benzene rings is 1. The zero-order chi connectivity index (χ0) is 19.3. The highest BCUT2D eigenvalue weighted by Gasteiger charge is 2.31. The summed E-state index contributed by atoms with van der Waals surface area (Å²) in [6.07, 6.45) is 5.40. The minimum atomic E-state index is -3.01. The molecule has 0 N–H and O–H groups in total. The predicted octanol–water partition coefficient (Wildman–Crippen LogP) is 2.32. The van der Waals surface area contributed by atoms with Gasteiger partial charge in [-0.25, -0.2) is 8.42 Å². The molecule has 1 aromatic heterocycles. The normalized spacial score (nSPS) is 18.5. The summed E-state index contributed by atoms with van der Waals surface area (Å²) in [5.41, 5.74) is 1.71.